The number of amides is 2. The minimum atomic E-state index is -1.35. The molecule has 3 aromatic heterocycles. The van der Waals surface area contributed by atoms with Gasteiger partial charge in [0.05, 0.1) is 11.9 Å². The van der Waals surface area contributed by atoms with Gasteiger partial charge >= 0.3 is 12.1 Å². The molecule has 3 N–H and O–H groups in total. The first kappa shape index (κ1) is 27.1. The fourth-order valence-electron chi connectivity index (χ4n) is 5.80. The molecule has 0 bridgehead atoms. The molecule has 0 unspecified atom stereocenters. The number of ether oxygens (including phenoxy) is 2. The highest BCUT2D eigenvalue weighted by molar-refractivity contribution is 5.95. The van der Waals surface area contributed by atoms with Crippen LogP contribution >= 0.6 is 0 Å². The Labute approximate surface area is 243 Å². The molecule has 15 heteroatoms. The molecule has 2 atom stereocenters. The third kappa shape index (κ3) is 5.09. The minimum Gasteiger partial charge on any atom is -0.480 e. The molecule has 1 aliphatic carbocycles. The third-order valence-electron chi connectivity index (χ3n) is 8.11. The molecule has 0 radical (unpaired) electrons. The van der Waals surface area contributed by atoms with E-state index in [1.807, 2.05) is 4.90 Å². The third-order valence-corrected chi connectivity index (χ3v) is 8.11. The topological polar surface area (TPSA) is 168 Å². The lowest BCUT2D eigenvalue weighted by Gasteiger charge is -2.20. The van der Waals surface area contributed by atoms with E-state index in [9.17, 15) is 24.3 Å². The number of pyridine rings is 3. The van der Waals surface area contributed by atoms with Crippen LogP contribution in [0.3, 0.4) is 0 Å². The number of carboxylic acids is 1. The van der Waals surface area contributed by atoms with E-state index in [1.165, 1.54) is 11.1 Å². The Balaban J connectivity index is 0.977. The number of aromatic nitrogens is 3. The van der Waals surface area contributed by atoms with Crippen molar-refractivity contribution in [2.24, 2.45) is 5.92 Å². The van der Waals surface area contributed by atoms with Crippen LogP contribution in [0.15, 0.2) is 29.2 Å². The van der Waals surface area contributed by atoms with Crippen molar-refractivity contribution in [3.8, 4) is 5.75 Å². The zero-order chi connectivity index (χ0) is 29.8. The monoisotopic (exact) mass is 593 g/mol. The standard InChI is InChI=1S/C28H28FN7O7/c29-19-7-17-23(38)18(27(39)40)12-35(15-1-2-15)25(17)33-26(19)34-6-5-14(10-34)8-30-9-16-11-36(28(41)43-16)21-4-3-20-24(31-21)32-22(37)13-42-20/h3-4,7,12,14-16,30H,1-2,5-6,8-11,13H2,(H,39,40)(H,31,32,37)/t14-,16-/m0/s1. The number of halogens is 1. The van der Waals surface area contributed by atoms with Crippen LogP contribution in [0.5, 0.6) is 5.75 Å². The Bertz CT molecular complexity index is 1730. The van der Waals surface area contributed by atoms with Gasteiger partial charge in [-0.3, -0.25) is 14.5 Å². The predicted molar refractivity (Wildman–Crippen MR) is 150 cm³/mol. The fourth-order valence-corrected chi connectivity index (χ4v) is 5.80. The van der Waals surface area contributed by atoms with Crippen LogP contribution in [-0.2, 0) is 9.53 Å². The summed E-state index contributed by atoms with van der Waals surface area (Å²) in [4.78, 5) is 60.6. The van der Waals surface area contributed by atoms with Gasteiger partial charge in [0, 0.05) is 31.9 Å². The van der Waals surface area contributed by atoms with Crippen molar-refractivity contribution in [2.75, 3.05) is 54.4 Å². The molecular formula is C28H28FN7O7. The number of rotatable bonds is 8. The van der Waals surface area contributed by atoms with Crippen LogP contribution in [0.4, 0.5) is 26.6 Å². The molecule has 3 aliphatic heterocycles. The van der Waals surface area contributed by atoms with Crippen molar-refractivity contribution >= 4 is 46.5 Å². The van der Waals surface area contributed by atoms with E-state index < -0.39 is 35.0 Å². The summed E-state index contributed by atoms with van der Waals surface area (Å²) in [6.07, 6.45) is 2.83. The van der Waals surface area contributed by atoms with Gasteiger partial charge in [0.2, 0.25) is 5.43 Å². The summed E-state index contributed by atoms with van der Waals surface area (Å²) in [5.41, 5.74) is -0.833. The molecule has 1 saturated carbocycles. The van der Waals surface area contributed by atoms with Gasteiger partial charge < -0.3 is 34.7 Å². The van der Waals surface area contributed by atoms with Crippen molar-refractivity contribution in [1.29, 1.82) is 0 Å². The van der Waals surface area contributed by atoms with E-state index in [0.717, 1.165) is 25.3 Å². The van der Waals surface area contributed by atoms with Gasteiger partial charge in [-0.15, -0.1) is 0 Å². The summed E-state index contributed by atoms with van der Waals surface area (Å²) in [6, 6.07) is 4.43. The summed E-state index contributed by atoms with van der Waals surface area (Å²) < 4.78 is 27.8. The van der Waals surface area contributed by atoms with Gasteiger partial charge in [0.1, 0.15) is 23.1 Å². The minimum absolute atomic E-state index is 0.0331. The normalized spacial score (nSPS) is 21.5. The van der Waals surface area contributed by atoms with Crippen LogP contribution in [0.25, 0.3) is 11.0 Å². The number of anilines is 3. The van der Waals surface area contributed by atoms with Crippen LogP contribution in [0.1, 0.15) is 35.7 Å². The maximum Gasteiger partial charge on any atom is 0.416 e. The zero-order valence-electron chi connectivity index (χ0n) is 22.9. The molecule has 2 saturated heterocycles. The molecule has 3 aromatic rings. The highest BCUT2D eigenvalue weighted by Crippen LogP contribution is 2.37. The molecule has 0 aromatic carbocycles. The van der Waals surface area contributed by atoms with Crippen molar-refractivity contribution in [1.82, 2.24) is 19.9 Å². The van der Waals surface area contributed by atoms with Gasteiger partial charge in [-0.2, -0.15) is 0 Å². The first-order valence-electron chi connectivity index (χ1n) is 14.1. The highest BCUT2D eigenvalue weighted by Gasteiger charge is 2.35. The molecule has 0 spiro atoms. The fraction of sp³-hybridized carbons (Fsp3) is 0.429. The number of cyclic esters (lactones) is 1. The summed E-state index contributed by atoms with van der Waals surface area (Å²) >= 11 is 0. The SMILES string of the molecule is O=C1COc2ccc(N3C[C@H](CNC[C@@H]4CCN(c5nc6c(cc5F)c(=O)c(C(=O)O)cn6C5CC5)C4)OC3=O)nc2N1. The van der Waals surface area contributed by atoms with Crippen LogP contribution in [-0.4, -0.2) is 83.0 Å². The van der Waals surface area contributed by atoms with E-state index in [2.05, 4.69) is 20.6 Å². The number of aromatic carboxylic acids is 1. The molecule has 7 rings (SSSR count). The average molecular weight is 594 g/mol. The number of carbonyl (C=O) groups is 3. The maximum atomic E-state index is 15.2. The van der Waals surface area contributed by atoms with E-state index in [-0.39, 0.29) is 48.0 Å². The number of hydrogen-bond acceptors (Lipinski definition) is 10. The van der Waals surface area contributed by atoms with E-state index >= 15 is 4.39 Å². The summed E-state index contributed by atoms with van der Waals surface area (Å²) in [5, 5.41) is 15.4. The first-order valence-corrected chi connectivity index (χ1v) is 14.1. The van der Waals surface area contributed by atoms with Crippen LogP contribution in [0, 0.1) is 11.7 Å². The van der Waals surface area contributed by atoms with Gasteiger partial charge in [0.25, 0.3) is 5.91 Å². The van der Waals surface area contributed by atoms with Crippen molar-refractivity contribution in [3.63, 3.8) is 0 Å². The second kappa shape index (κ2) is 10.5. The largest absolute Gasteiger partial charge is 0.480 e. The lowest BCUT2D eigenvalue weighted by Crippen LogP contribution is -2.35. The van der Waals surface area contributed by atoms with Gasteiger partial charge in [-0.05, 0) is 49.9 Å². The number of nitrogens with zero attached hydrogens (tertiary/aromatic N) is 5. The second-order valence-electron chi connectivity index (χ2n) is 11.2. The van der Waals surface area contributed by atoms with Crippen molar-refractivity contribution in [3.05, 3.63) is 46.0 Å². The lowest BCUT2D eigenvalue weighted by molar-refractivity contribution is -0.118. The molecule has 6 heterocycles. The number of carbonyl (C=O) groups excluding carboxylic acids is 2. The lowest BCUT2D eigenvalue weighted by atomic mass is 10.1. The van der Waals surface area contributed by atoms with Crippen LogP contribution in [0.2, 0.25) is 0 Å². The molecule has 14 nitrogen and oxygen atoms in total. The second-order valence-corrected chi connectivity index (χ2v) is 11.2. The highest BCUT2D eigenvalue weighted by atomic mass is 19.1. The molecule has 4 aliphatic rings. The molecule has 3 fully saturated rings. The van der Waals surface area contributed by atoms with Crippen molar-refractivity contribution < 1.29 is 33.4 Å². The number of fused-ring (bicyclic) bond motifs is 2. The van der Waals surface area contributed by atoms with E-state index in [4.69, 9.17) is 9.47 Å². The van der Waals surface area contributed by atoms with E-state index in [0.29, 0.717) is 43.4 Å². The van der Waals surface area contributed by atoms with Crippen LogP contribution < -0.4 is 30.6 Å². The Kier molecular flexibility index (Phi) is 6.60. The molecular weight excluding hydrogens is 565 g/mol. The average Bonchev–Trinajstić information content (AvgIpc) is 3.60. The van der Waals surface area contributed by atoms with Crippen molar-refractivity contribution in [2.45, 2.75) is 31.4 Å². The summed E-state index contributed by atoms with van der Waals surface area (Å²) in [7, 11) is 0. The Morgan fingerprint density at radius 2 is 1.98 bits per heavy atom. The van der Waals surface area contributed by atoms with Gasteiger partial charge in [-0.25, -0.2) is 23.9 Å². The predicted octanol–water partition coefficient (Wildman–Crippen LogP) is 1.74. The molecule has 2 amide bonds. The quantitative estimate of drug-likeness (QED) is 0.348. The number of hydrogen-bond donors (Lipinski definition) is 3. The van der Waals surface area contributed by atoms with Gasteiger partial charge in [0.15, 0.2) is 29.8 Å². The summed E-state index contributed by atoms with van der Waals surface area (Å²) in [6.45, 7) is 2.31. The molecule has 43 heavy (non-hydrogen) atoms. The van der Waals surface area contributed by atoms with Gasteiger partial charge in [-0.1, -0.05) is 0 Å². The Hall–Kier alpha value is -4.79. The first-order chi connectivity index (χ1) is 20.7. The molecule has 224 valence electrons. The van der Waals surface area contributed by atoms with E-state index in [1.54, 1.807) is 16.7 Å². The summed E-state index contributed by atoms with van der Waals surface area (Å²) in [5.74, 6) is -0.970. The smallest absolute Gasteiger partial charge is 0.416 e. The Morgan fingerprint density at radius 3 is 2.77 bits per heavy atom. The number of carboxylic acid groups (broad SMARTS) is 1. The Morgan fingerprint density at radius 1 is 1.14 bits per heavy atom. The maximum absolute atomic E-state index is 15.2. The zero-order valence-corrected chi connectivity index (χ0v) is 22.9. The number of nitrogens with one attached hydrogen (secondary N) is 2.